The Hall–Kier alpha value is -1.82. The molecule has 7 heteroatoms. The summed E-state index contributed by atoms with van der Waals surface area (Å²) in [6, 6.07) is 2.78. The lowest BCUT2D eigenvalue weighted by atomic mass is 10.1. The minimum Gasteiger partial charge on any atom is -0.481 e. The minimum absolute atomic E-state index is 0.224. The van der Waals surface area contributed by atoms with Gasteiger partial charge in [-0.25, -0.2) is 9.78 Å². The first-order valence-corrected chi connectivity index (χ1v) is 5.84. The highest BCUT2D eigenvalue weighted by molar-refractivity contribution is 6.30. The number of urea groups is 1. The topological polar surface area (TPSA) is 82.5 Å². The molecule has 1 unspecified atom stereocenters. The molecule has 1 aromatic heterocycles. The average Bonchev–Trinajstić information content (AvgIpc) is 2.78. The summed E-state index contributed by atoms with van der Waals surface area (Å²) in [6.07, 6.45) is 1.97. The van der Waals surface area contributed by atoms with Gasteiger partial charge in [-0.3, -0.25) is 10.1 Å². The van der Waals surface area contributed by atoms with Gasteiger partial charge in [-0.05, 0) is 18.6 Å². The Balaban J connectivity index is 1.95. The maximum absolute atomic E-state index is 11.8. The number of carbonyl (C=O) groups is 2. The molecule has 2 heterocycles. The number of aromatic nitrogens is 1. The molecule has 0 aliphatic carbocycles. The largest absolute Gasteiger partial charge is 0.481 e. The summed E-state index contributed by atoms with van der Waals surface area (Å²) in [5, 5.41) is 11.9. The third kappa shape index (κ3) is 2.89. The summed E-state index contributed by atoms with van der Waals surface area (Å²) in [4.78, 5) is 28.0. The van der Waals surface area contributed by atoms with E-state index >= 15 is 0 Å². The number of carboxylic acids is 1. The third-order valence-corrected chi connectivity index (χ3v) is 3.02. The van der Waals surface area contributed by atoms with E-state index in [0.29, 0.717) is 23.8 Å². The molecule has 1 atom stereocenters. The number of carboxylic acid groups (broad SMARTS) is 1. The van der Waals surface area contributed by atoms with Crippen molar-refractivity contribution >= 4 is 29.4 Å². The fraction of sp³-hybridized carbons (Fsp3) is 0.364. The first-order valence-electron chi connectivity index (χ1n) is 5.46. The number of likely N-dealkylation sites (tertiary alicyclic amines) is 1. The van der Waals surface area contributed by atoms with Crippen LogP contribution in [0.1, 0.15) is 6.42 Å². The number of aliphatic carboxylic acids is 1. The van der Waals surface area contributed by atoms with Gasteiger partial charge in [-0.1, -0.05) is 11.6 Å². The Labute approximate surface area is 109 Å². The number of anilines is 1. The van der Waals surface area contributed by atoms with Gasteiger partial charge in [-0.15, -0.1) is 0 Å². The molecule has 1 saturated heterocycles. The maximum Gasteiger partial charge on any atom is 0.323 e. The molecule has 0 saturated carbocycles. The quantitative estimate of drug-likeness (QED) is 0.856. The Morgan fingerprint density at radius 1 is 1.56 bits per heavy atom. The summed E-state index contributed by atoms with van der Waals surface area (Å²) in [6.45, 7) is 0.658. The predicted octanol–water partition coefficient (Wildman–Crippen LogP) is 1.67. The Morgan fingerprint density at radius 3 is 2.94 bits per heavy atom. The van der Waals surface area contributed by atoms with Crippen LogP contribution in [0, 0.1) is 5.92 Å². The molecule has 0 spiro atoms. The second-order valence-electron chi connectivity index (χ2n) is 4.06. The maximum atomic E-state index is 11.8. The smallest absolute Gasteiger partial charge is 0.323 e. The predicted molar refractivity (Wildman–Crippen MR) is 65.6 cm³/mol. The van der Waals surface area contributed by atoms with Gasteiger partial charge in [0, 0.05) is 24.3 Å². The Morgan fingerprint density at radius 2 is 2.33 bits per heavy atom. The van der Waals surface area contributed by atoms with Gasteiger partial charge in [0.15, 0.2) is 0 Å². The van der Waals surface area contributed by atoms with Crippen LogP contribution in [0.15, 0.2) is 18.3 Å². The van der Waals surface area contributed by atoms with Gasteiger partial charge >= 0.3 is 12.0 Å². The van der Waals surface area contributed by atoms with Crippen molar-refractivity contribution < 1.29 is 14.7 Å². The third-order valence-electron chi connectivity index (χ3n) is 2.78. The van der Waals surface area contributed by atoms with E-state index in [4.69, 9.17) is 16.7 Å². The summed E-state index contributed by atoms with van der Waals surface area (Å²) in [7, 11) is 0. The molecule has 1 aromatic rings. The molecule has 18 heavy (non-hydrogen) atoms. The van der Waals surface area contributed by atoms with E-state index < -0.39 is 11.9 Å². The van der Waals surface area contributed by atoms with Crippen LogP contribution in [0.25, 0.3) is 0 Å². The number of pyridine rings is 1. The molecular weight excluding hydrogens is 258 g/mol. The van der Waals surface area contributed by atoms with E-state index in [9.17, 15) is 9.59 Å². The lowest BCUT2D eigenvalue weighted by Crippen LogP contribution is -2.34. The van der Waals surface area contributed by atoms with Crippen molar-refractivity contribution in [3.63, 3.8) is 0 Å². The van der Waals surface area contributed by atoms with E-state index in [1.807, 2.05) is 0 Å². The first-order chi connectivity index (χ1) is 8.56. The Kier molecular flexibility index (Phi) is 3.66. The lowest BCUT2D eigenvalue weighted by molar-refractivity contribution is -0.141. The number of amides is 2. The van der Waals surface area contributed by atoms with Crippen molar-refractivity contribution in [1.29, 1.82) is 0 Å². The van der Waals surface area contributed by atoms with Gasteiger partial charge in [0.2, 0.25) is 0 Å². The molecule has 1 fully saturated rings. The minimum atomic E-state index is -0.869. The molecule has 1 aliphatic heterocycles. The summed E-state index contributed by atoms with van der Waals surface area (Å²) in [5.41, 5.74) is 0. The van der Waals surface area contributed by atoms with Crippen LogP contribution < -0.4 is 5.32 Å². The molecule has 6 nitrogen and oxygen atoms in total. The zero-order valence-corrected chi connectivity index (χ0v) is 10.2. The monoisotopic (exact) mass is 269 g/mol. The molecule has 2 N–H and O–H groups in total. The van der Waals surface area contributed by atoms with Gasteiger partial charge in [0.25, 0.3) is 0 Å². The van der Waals surface area contributed by atoms with Crippen molar-refractivity contribution in [2.75, 3.05) is 18.4 Å². The van der Waals surface area contributed by atoms with Crippen LogP contribution >= 0.6 is 11.6 Å². The van der Waals surface area contributed by atoms with E-state index in [0.717, 1.165) is 0 Å². The molecule has 0 bridgehead atoms. The second kappa shape index (κ2) is 5.22. The van der Waals surface area contributed by atoms with Crippen LogP contribution in [0.4, 0.5) is 10.6 Å². The van der Waals surface area contributed by atoms with Crippen LogP contribution in [0.3, 0.4) is 0 Å². The fourth-order valence-electron chi connectivity index (χ4n) is 1.81. The number of rotatable bonds is 2. The summed E-state index contributed by atoms with van der Waals surface area (Å²) >= 11 is 5.77. The molecule has 0 radical (unpaired) electrons. The van der Waals surface area contributed by atoms with E-state index in [2.05, 4.69) is 10.3 Å². The molecule has 1 aliphatic rings. The first kappa shape index (κ1) is 12.6. The summed E-state index contributed by atoms with van der Waals surface area (Å²) < 4.78 is 0. The number of nitrogens with one attached hydrogen (secondary N) is 1. The van der Waals surface area contributed by atoms with Crippen LogP contribution in [0.5, 0.6) is 0 Å². The molecular formula is C11H12ClN3O3. The number of hydrogen-bond acceptors (Lipinski definition) is 3. The van der Waals surface area contributed by atoms with Crippen molar-refractivity contribution in [3.8, 4) is 0 Å². The molecule has 2 rings (SSSR count). The zero-order chi connectivity index (χ0) is 13.1. The highest BCUT2D eigenvalue weighted by atomic mass is 35.5. The van der Waals surface area contributed by atoms with Crippen molar-refractivity contribution in [1.82, 2.24) is 9.88 Å². The summed E-state index contributed by atoms with van der Waals surface area (Å²) in [5.74, 6) is -1.000. The zero-order valence-electron chi connectivity index (χ0n) is 9.47. The van der Waals surface area contributed by atoms with E-state index in [-0.39, 0.29) is 12.6 Å². The highest BCUT2D eigenvalue weighted by Gasteiger charge is 2.30. The number of hydrogen-bond donors (Lipinski definition) is 2. The van der Waals surface area contributed by atoms with E-state index in [1.165, 1.54) is 17.2 Å². The molecule has 2 amide bonds. The van der Waals surface area contributed by atoms with Crippen LogP contribution in [-0.4, -0.2) is 40.1 Å². The standard InChI is InChI=1S/C11H12ClN3O3/c12-8-1-3-13-9(5-8)14-11(18)15-4-2-7(6-15)10(16)17/h1,3,5,7H,2,4,6H2,(H,16,17)(H,13,14,18). The van der Waals surface area contributed by atoms with Crippen molar-refractivity contribution in [2.45, 2.75) is 6.42 Å². The second-order valence-corrected chi connectivity index (χ2v) is 4.50. The Bertz CT molecular complexity index is 480. The normalized spacial score (nSPS) is 18.7. The van der Waals surface area contributed by atoms with Crippen LogP contribution in [-0.2, 0) is 4.79 Å². The van der Waals surface area contributed by atoms with Gasteiger partial charge in [-0.2, -0.15) is 0 Å². The SMILES string of the molecule is O=C(O)C1CCN(C(=O)Nc2cc(Cl)ccn2)C1. The van der Waals surface area contributed by atoms with Gasteiger partial charge < -0.3 is 10.0 Å². The number of carbonyl (C=O) groups excluding carboxylic acids is 1. The molecule has 96 valence electrons. The molecule has 0 aromatic carbocycles. The average molecular weight is 270 g/mol. The fourth-order valence-corrected chi connectivity index (χ4v) is 1.97. The van der Waals surface area contributed by atoms with Crippen molar-refractivity contribution in [3.05, 3.63) is 23.4 Å². The van der Waals surface area contributed by atoms with Crippen molar-refractivity contribution in [2.24, 2.45) is 5.92 Å². The van der Waals surface area contributed by atoms with Gasteiger partial charge in [0.05, 0.1) is 5.92 Å². The number of halogens is 1. The van der Waals surface area contributed by atoms with E-state index in [1.54, 1.807) is 6.07 Å². The number of nitrogens with zero attached hydrogens (tertiary/aromatic N) is 2. The van der Waals surface area contributed by atoms with Crippen LogP contribution in [0.2, 0.25) is 5.02 Å². The lowest BCUT2D eigenvalue weighted by Gasteiger charge is -2.16. The van der Waals surface area contributed by atoms with Gasteiger partial charge in [0.1, 0.15) is 5.82 Å². The highest BCUT2D eigenvalue weighted by Crippen LogP contribution is 2.18.